The highest BCUT2D eigenvalue weighted by Gasteiger charge is 2.51. The first-order valence-corrected chi connectivity index (χ1v) is 6.94. The predicted molar refractivity (Wildman–Crippen MR) is 66.4 cm³/mol. The van der Waals surface area contributed by atoms with Crippen LogP contribution in [0.2, 0.25) is 0 Å². The number of carbonyl (C=O) groups excluding carboxylic acids is 1. The molecule has 1 aliphatic heterocycles. The first kappa shape index (κ1) is 11.3. The predicted octanol–water partition coefficient (Wildman–Crippen LogP) is 3.32. The lowest BCUT2D eigenvalue weighted by atomic mass is 9.57. The molecule has 2 heteroatoms. The van der Waals surface area contributed by atoms with Crippen LogP contribution in [0.15, 0.2) is 11.6 Å². The van der Waals surface area contributed by atoms with E-state index >= 15 is 0 Å². The fraction of sp³-hybridized carbons (Fsp3) is 0.800. The summed E-state index contributed by atoms with van der Waals surface area (Å²) in [7, 11) is 0. The molecule has 0 amide bonds. The van der Waals surface area contributed by atoms with Crippen LogP contribution in [0.5, 0.6) is 0 Å². The van der Waals surface area contributed by atoms with Crippen LogP contribution in [-0.4, -0.2) is 12.1 Å². The molecule has 3 rings (SSSR count). The average Bonchev–Trinajstić information content (AvgIpc) is 2.55. The summed E-state index contributed by atoms with van der Waals surface area (Å²) in [5.41, 5.74) is 1.88. The van der Waals surface area contributed by atoms with Crippen LogP contribution in [0.4, 0.5) is 0 Å². The van der Waals surface area contributed by atoms with Gasteiger partial charge in [0.05, 0.1) is 5.92 Å². The van der Waals surface area contributed by atoms with Gasteiger partial charge in [0.1, 0.15) is 6.10 Å². The number of hydrogen-bond donors (Lipinski definition) is 0. The summed E-state index contributed by atoms with van der Waals surface area (Å²) in [6, 6.07) is 0. The second-order valence-corrected chi connectivity index (χ2v) is 6.46. The van der Waals surface area contributed by atoms with Gasteiger partial charge >= 0.3 is 5.97 Å². The van der Waals surface area contributed by atoms with E-state index in [0.29, 0.717) is 11.3 Å². The summed E-state index contributed by atoms with van der Waals surface area (Å²) in [4.78, 5) is 11.7. The van der Waals surface area contributed by atoms with Crippen LogP contribution < -0.4 is 0 Å². The molecule has 1 saturated carbocycles. The summed E-state index contributed by atoms with van der Waals surface area (Å²) in [6.07, 6.45) is 7.32. The van der Waals surface area contributed by atoms with Crippen molar-refractivity contribution in [1.29, 1.82) is 0 Å². The SMILES string of the molecule is C[C@@H]1C(=O)O[C@@H]2C=C3CCC[C@H](C)[C@@]3(C)C[C@@H]12. The van der Waals surface area contributed by atoms with Gasteiger partial charge in [-0.25, -0.2) is 0 Å². The molecule has 1 heterocycles. The average molecular weight is 234 g/mol. The van der Waals surface area contributed by atoms with Gasteiger partial charge in [-0.3, -0.25) is 4.79 Å². The Morgan fingerprint density at radius 1 is 1.41 bits per heavy atom. The van der Waals surface area contributed by atoms with Gasteiger partial charge in [0.15, 0.2) is 0 Å². The van der Waals surface area contributed by atoms with Crippen molar-refractivity contribution in [2.24, 2.45) is 23.2 Å². The minimum atomic E-state index is 0.00625. The number of ether oxygens (including phenoxy) is 1. The molecule has 1 saturated heterocycles. The Bertz CT molecular complexity index is 384. The molecule has 0 spiro atoms. The topological polar surface area (TPSA) is 26.3 Å². The van der Waals surface area contributed by atoms with Crippen molar-refractivity contribution in [3.8, 4) is 0 Å². The van der Waals surface area contributed by atoms with Crippen LogP contribution in [0.3, 0.4) is 0 Å². The van der Waals surface area contributed by atoms with E-state index in [2.05, 4.69) is 19.9 Å². The van der Waals surface area contributed by atoms with E-state index in [0.717, 1.165) is 12.3 Å². The van der Waals surface area contributed by atoms with Crippen molar-refractivity contribution < 1.29 is 9.53 Å². The maximum absolute atomic E-state index is 11.7. The highest BCUT2D eigenvalue weighted by Crippen LogP contribution is 2.55. The number of carbonyl (C=O) groups is 1. The van der Waals surface area contributed by atoms with Crippen molar-refractivity contribution in [3.63, 3.8) is 0 Å². The largest absolute Gasteiger partial charge is 0.458 e. The Morgan fingerprint density at radius 2 is 2.18 bits per heavy atom. The molecule has 0 aromatic carbocycles. The molecule has 0 bridgehead atoms. The molecule has 2 aliphatic carbocycles. The van der Waals surface area contributed by atoms with Crippen LogP contribution >= 0.6 is 0 Å². The maximum atomic E-state index is 11.7. The van der Waals surface area contributed by atoms with Gasteiger partial charge in [-0.2, -0.15) is 0 Å². The van der Waals surface area contributed by atoms with Crippen molar-refractivity contribution in [2.45, 2.75) is 52.6 Å². The minimum absolute atomic E-state index is 0.00625. The second-order valence-electron chi connectivity index (χ2n) is 6.46. The molecule has 0 aromatic rings. The fourth-order valence-corrected chi connectivity index (χ4v) is 4.05. The van der Waals surface area contributed by atoms with Crippen LogP contribution in [-0.2, 0) is 9.53 Å². The van der Waals surface area contributed by atoms with E-state index in [1.165, 1.54) is 19.3 Å². The molecular weight excluding hydrogens is 212 g/mol. The molecule has 17 heavy (non-hydrogen) atoms. The first-order valence-electron chi connectivity index (χ1n) is 6.94. The minimum Gasteiger partial charge on any atom is -0.458 e. The van der Waals surface area contributed by atoms with Crippen molar-refractivity contribution in [2.75, 3.05) is 0 Å². The molecule has 0 radical (unpaired) electrons. The monoisotopic (exact) mass is 234 g/mol. The van der Waals surface area contributed by atoms with E-state index in [4.69, 9.17) is 4.74 Å². The Kier molecular flexibility index (Phi) is 2.39. The van der Waals surface area contributed by atoms with Gasteiger partial charge in [-0.05, 0) is 43.1 Å². The summed E-state index contributed by atoms with van der Waals surface area (Å²) >= 11 is 0. The highest BCUT2D eigenvalue weighted by atomic mass is 16.6. The van der Waals surface area contributed by atoms with Crippen molar-refractivity contribution >= 4 is 5.97 Å². The van der Waals surface area contributed by atoms with Crippen LogP contribution in [0, 0.1) is 23.2 Å². The van der Waals surface area contributed by atoms with Gasteiger partial charge in [-0.1, -0.05) is 26.3 Å². The third kappa shape index (κ3) is 1.49. The van der Waals surface area contributed by atoms with Crippen molar-refractivity contribution in [3.05, 3.63) is 11.6 Å². The number of rotatable bonds is 0. The number of hydrogen-bond acceptors (Lipinski definition) is 2. The lowest BCUT2D eigenvalue weighted by molar-refractivity contribution is -0.142. The van der Waals surface area contributed by atoms with Crippen molar-refractivity contribution in [1.82, 2.24) is 0 Å². The molecule has 3 aliphatic rings. The molecule has 0 unspecified atom stereocenters. The second kappa shape index (κ2) is 3.60. The molecule has 0 aromatic heterocycles. The molecular formula is C15H22O2. The zero-order chi connectivity index (χ0) is 12.2. The van der Waals surface area contributed by atoms with Crippen LogP contribution in [0.1, 0.15) is 46.5 Å². The number of esters is 1. The standard InChI is InChI=1S/C15H22O2/c1-9-5-4-6-11-7-13-12(8-15(9,11)3)10(2)14(16)17-13/h7,9-10,12-13H,4-6,8H2,1-3H3/t9-,10-,12-,13+,15+/m0/s1. The molecule has 2 nitrogen and oxygen atoms in total. The normalized spacial score (nSPS) is 49.1. The maximum Gasteiger partial charge on any atom is 0.309 e. The van der Waals surface area contributed by atoms with Crippen LogP contribution in [0.25, 0.3) is 0 Å². The fourth-order valence-electron chi connectivity index (χ4n) is 4.05. The summed E-state index contributed by atoms with van der Waals surface area (Å²) in [5.74, 6) is 1.25. The van der Waals surface area contributed by atoms with E-state index < -0.39 is 0 Å². The molecule has 2 fully saturated rings. The van der Waals surface area contributed by atoms with E-state index in [1.807, 2.05) is 6.92 Å². The lowest BCUT2D eigenvalue weighted by Crippen LogP contribution is -2.40. The summed E-state index contributed by atoms with van der Waals surface area (Å²) in [5, 5.41) is 0. The third-order valence-electron chi connectivity index (χ3n) is 5.62. The van der Waals surface area contributed by atoms with E-state index in [-0.39, 0.29) is 18.0 Å². The first-order chi connectivity index (χ1) is 8.02. The highest BCUT2D eigenvalue weighted by molar-refractivity contribution is 5.75. The zero-order valence-corrected chi connectivity index (χ0v) is 11.0. The molecule has 5 atom stereocenters. The Balaban J connectivity index is 1.97. The van der Waals surface area contributed by atoms with Gasteiger partial charge in [0.25, 0.3) is 0 Å². The van der Waals surface area contributed by atoms with Gasteiger partial charge < -0.3 is 4.74 Å². The quantitative estimate of drug-likeness (QED) is 0.475. The number of fused-ring (bicyclic) bond motifs is 2. The van der Waals surface area contributed by atoms with Gasteiger partial charge in [0, 0.05) is 5.92 Å². The third-order valence-corrected chi connectivity index (χ3v) is 5.62. The Hall–Kier alpha value is -0.790. The number of allylic oxidation sites excluding steroid dienone is 1. The lowest BCUT2D eigenvalue weighted by Gasteiger charge is -2.47. The smallest absolute Gasteiger partial charge is 0.309 e. The summed E-state index contributed by atoms with van der Waals surface area (Å²) < 4.78 is 5.49. The van der Waals surface area contributed by atoms with E-state index in [1.54, 1.807) is 5.57 Å². The molecule has 94 valence electrons. The van der Waals surface area contributed by atoms with Gasteiger partial charge in [-0.15, -0.1) is 0 Å². The Labute approximate surface area is 103 Å². The Morgan fingerprint density at radius 3 is 2.94 bits per heavy atom. The summed E-state index contributed by atoms with van der Waals surface area (Å²) in [6.45, 7) is 6.80. The molecule has 0 N–H and O–H groups in total. The van der Waals surface area contributed by atoms with Gasteiger partial charge in [0.2, 0.25) is 0 Å². The van der Waals surface area contributed by atoms with E-state index in [9.17, 15) is 4.79 Å². The zero-order valence-electron chi connectivity index (χ0n) is 11.0.